The molecule has 0 fully saturated rings. The monoisotopic (exact) mass is 341 g/mol. The van der Waals surface area contributed by atoms with E-state index in [9.17, 15) is 8.60 Å². The summed E-state index contributed by atoms with van der Waals surface area (Å²) in [6.07, 6.45) is 0. The van der Waals surface area contributed by atoms with Crippen molar-refractivity contribution in [2.75, 3.05) is 5.73 Å². The maximum Gasteiger partial charge on any atom is 0.127 e. The highest BCUT2D eigenvalue weighted by Gasteiger charge is 2.11. The van der Waals surface area contributed by atoms with Gasteiger partial charge in [-0.2, -0.15) is 0 Å². The van der Waals surface area contributed by atoms with Gasteiger partial charge in [-0.3, -0.25) is 4.21 Å². The quantitative estimate of drug-likeness (QED) is 0.863. The van der Waals surface area contributed by atoms with E-state index in [0.717, 1.165) is 10.0 Å². The van der Waals surface area contributed by atoms with E-state index in [1.165, 1.54) is 6.07 Å². The van der Waals surface area contributed by atoms with Crippen LogP contribution in [0.4, 0.5) is 10.1 Å². The molecule has 1 atom stereocenters. The highest BCUT2D eigenvalue weighted by atomic mass is 79.9. The van der Waals surface area contributed by atoms with E-state index in [1.807, 2.05) is 6.92 Å². The molecule has 0 saturated heterocycles. The van der Waals surface area contributed by atoms with Gasteiger partial charge in [0.25, 0.3) is 0 Å². The van der Waals surface area contributed by atoms with Crippen LogP contribution in [0.25, 0.3) is 0 Å². The lowest BCUT2D eigenvalue weighted by Gasteiger charge is -2.08. The number of benzene rings is 2. The molecule has 0 aliphatic heterocycles. The molecule has 0 aliphatic rings. The average Bonchev–Trinajstić information content (AvgIpc) is 2.33. The Balaban J connectivity index is 2.28. The maximum atomic E-state index is 13.6. The van der Waals surface area contributed by atoms with Gasteiger partial charge >= 0.3 is 0 Å². The molecule has 2 rings (SSSR count). The first-order valence-corrected chi connectivity index (χ1v) is 7.77. The predicted octanol–water partition coefficient (Wildman–Crippen LogP) is 3.79. The number of anilines is 1. The SMILES string of the molecule is Cc1cc(N)ccc1S(=O)Cc1cc(Br)ccc1F. The summed E-state index contributed by atoms with van der Waals surface area (Å²) in [5.74, 6) is -0.194. The zero-order valence-corrected chi connectivity index (χ0v) is 12.7. The van der Waals surface area contributed by atoms with Crippen molar-refractivity contribution in [2.24, 2.45) is 0 Å². The Morgan fingerprint density at radius 2 is 2.00 bits per heavy atom. The molecule has 0 bridgehead atoms. The van der Waals surface area contributed by atoms with E-state index in [4.69, 9.17) is 5.73 Å². The number of hydrogen-bond donors (Lipinski definition) is 1. The van der Waals surface area contributed by atoms with Crippen LogP contribution in [0.2, 0.25) is 0 Å². The van der Waals surface area contributed by atoms with Crippen LogP contribution in [-0.4, -0.2) is 4.21 Å². The second-order valence-electron chi connectivity index (χ2n) is 4.25. The van der Waals surface area contributed by atoms with Gasteiger partial charge in [0.15, 0.2) is 0 Å². The second-order valence-corrected chi connectivity index (χ2v) is 6.59. The summed E-state index contributed by atoms with van der Waals surface area (Å²) in [6, 6.07) is 9.85. The number of rotatable bonds is 3. The van der Waals surface area contributed by atoms with Crippen molar-refractivity contribution in [2.45, 2.75) is 17.6 Å². The van der Waals surface area contributed by atoms with Gasteiger partial charge in [0, 0.05) is 20.6 Å². The lowest BCUT2D eigenvalue weighted by Crippen LogP contribution is -2.01. The molecule has 2 N–H and O–H groups in total. The van der Waals surface area contributed by atoms with Crippen molar-refractivity contribution in [1.82, 2.24) is 0 Å². The Labute approximate surface area is 122 Å². The van der Waals surface area contributed by atoms with Gasteiger partial charge in [0.1, 0.15) is 5.82 Å². The molecule has 0 aromatic heterocycles. The lowest BCUT2D eigenvalue weighted by molar-refractivity contribution is 0.615. The maximum absolute atomic E-state index is 13.6. The number of halogens is 2. The van der Waals surface area contributed by atoms with Crippen LogP contribution in [0.1, 0.15) is 11.1 Å². The fourth-order valence-electron chi connectivity index (χ4n) is 1.80. The molecule has 0 amide bonds. The van der Waals surface area contributed by atoms with Gasteiger partial charge < -0.3 is 5.73 Å². The van der Waals surface area contributed by atoms with E-state index in [-0.39, 0.29) is 11.6 Å². The van der Waals surface area contributed by atoms with Gasteiger partial charge in [0.05, 0.1) is 16.6 Å². The van der Waals surface area contributed by atoms with E-state index in [2.05, 4.69) is 15.9 Å². The summed E-state index contributed by atoms with van der Waals surface area (Å²) >= 11 is 3.28. The molecule has 0 heterocycles. The van der Waals surface area contributed by atoms with Crippen molar-refractivity contribution in [3.63, 3.8) is 0 Å². The van der Waals surface area contributed by atoms with Crippen LogP contribution in [-0.2, 0) is 16.6 Å². The second kappa shape index (κ2) is 5.84. The average molecular weight is 342 g/mol. The van der Waals surface area contributed by atoms with Crippen molar-refractivity contribution < 1.29 is 8.60 Å². The summed E-state index contributed by atoms with van der Waals surface area (Å²) in [4.78, 5) is 0.688. The first-order valence-electron chi connectivity index (χ1n) is 5.66. The smallest absolute Gasteiger partial charge is 0.127 e. The fraction of sp³-hybridized carbons (Fsp3) is 0.143. The molecule has 0 radical (unpaired) electrons. The number of hydrogen-bond acceptors (Lipinski definition) is 2. The molecule has 1 unspecified atom stereocenters. The van der Waals surface area contributed by atoms with E-state index < -0.39 is 10.8 Å². The van der Waals surface area contributed by atoms with E-state index in [0.29, 0.717) is 16.1 Å². The molecular formula is C14H13BrFNOS. The topological polar surface area (TPSA) is 43.1 Å². The zero-order valence-electron chi connectivity index (χ0n) is 10.3. The number of aryl methyl sites for hydroxylation is 1. The molecule has 0 saturated carbocycles. The Bertz CT molecular complexity index is 645. The molecule has 5 heteroatoms. The normalized spacial score (nSPS) is 12.4. The first-order chi connectivity index (χ1) is 8.97. The molecule has 100 valence electrons. The van der Waals surface area contributed by atoms with Crippen LogP contribution in [0.3, 0.4) is 0 Å². The highest BCUT2D eigenvalue weighted by Crippen LogP contribution is 2.22. The zero-order chi connectivity index (χ0) is 14.0. The number of nitrogen functional groups attached to an aromatic ring is 1. The summed E-state index contributed by atoms with van der Waals surface area (Å²) in [5.41, 5.74) is 7.58. The van der Waals surface area contributed by atoms with Crippen LogP contribution < -0.4 is 5.73 Å². The Morgan fingerprint density at radius 3 is 2.68 bits per heavy atom. The summed E-state index contributed by atoms with van der Waals surface area (Å²) < 4.78 is 26.7. The Kier molecular flexibility index (Phi) is 4.37. The van der Waals surface area contributed by atoms with Gasteiger partial charge in [-0.05, 0) is 48.9 Å². The van der Waals surface area contributed by atoms with Crippen molar-refractivity contribution >= 4 is 32.4 Å². The summed E-state index contributed by atoms with van der Waals surface area (Å²) in [5, 5.41) is 0. The molecule has 2 aromatic carbocycles. The number of nitrogens with two attached hydrogens (primary N) is 1. The molecular weight excluding hydrogens is 329 g/mol. The van der Waals surface area contributed by atoms with Gasteiger partial charge in [0.2, 0.25) is 0 Å². The molecule has 2 nitrogen and oxygen atoms in total. The van der Waals surface area contributed by atoms with Crippen LogP contribution in [0.5, 0.6) is 0 Å². The molecule has 2 aromatic rings. The largest absolute Gasteiger partial charge is 0.399 e. The minimum absolute atomic E-state index is 0.149. The van der Waals surface area contributed by atoms with Crippen molar-refractivity contribution in [3.8, 4) is 0 Å². The summed E-state index contributed by atoms with van der Waals surface area (Å²) in [7, 11) is -1.29. The molecule has 0 aliphatic carbocycles. The minimum Gasteiger partial charge on any atom is -0.399 e. The Morgan fingerprint density at radius 1 is 1.26 bits per heavy atom. The first kappa shape index (κ1) is 14.2. The van der Waals surface area contributed by atoms with Crippen molar-refractivity contribution in [3.05, 3.63) is 57.8 Å². The van der Waals surface area contributed by atoms with Gasteiger partial charge in [-0.15, -0.1) is 0 Å². The third kappa shape index (κ3) is 3.42. The standard InChI is InChI=1S/C14H13BrFNOS/c1-9-6-12(17)3-5-14(9)19(18)8-10-7-11(15)2-4-13(10)16/h2-7H,8,17H2,1H3. The van der Waals surface area contributed by atoms with Gasteiger partial charge in [-0.1, -0.05) is 15.9 Å². The Hall–Kier alpha value is -1.20. The predicted molar refractivity (Wildman–Crippen MR) is 79.8 cm³/mol. The van der Waals surface area contributed by atoms with Crippen LogP contribution >= 0.6 is 15.9 Å². The molecule has 19 heavy (non-hydrogen) atoms. The highest BCUT2D eigenvalue weighted by molar-refractivity contribution is 9.10. The van der Waals surface area contributed by atoms with Crippen LogP contribution in [0.15, 0.2) is 45.8 Å². The fourth-order valence-corrected chi connectivity index (χ4v) is 3.51. The minimum atomic E-state index is -1.29. The van der Waals surface area contributed by atoms with Crippen LogP contribution in [0, 0.1) is 12.7 Å². The third-order valence-corrected chi connectivity index (χ3v) is 4.75. The van der Waals surface area contributed by atoms with E-state index >= 15 is 0 Å². The van der Waals surface area contributed by atoms with Gasteiger partial charge in [-0.25, -0.2) is 4.39 Å². The summed E-state index contributed by atoms with van der Waals surface area (Å²) in [6.45, 7) is 1.85. The van der Waals surface area contributed by atoms with E-state index in [1.54, 1.807) is 30.3 Å². The van der Waals surface area contributed by atoms with Crippen molar-refractivity contribution in [1.29, 1.82) is 0 Å². The molecule has 0 spiro atoms. The third-order valence-electron chi connectivity index (χ3n) is 2.74. The lowest BCUT2D eigenvalue weighted by atomic mass is 10.2.